The average Bonchev–Trinajstić information content (AvgIpc) is 2.01. The number of aliphatic hydroxyl groups is 1. The lowest BCUT2D eigenvalue weighted by atomic mass is 9.87. The van der Waals surface area contributed by atoms with Crippen LogP contribution in [-0.2, 0) is 0 Å². The Morgan fingerprint density at radius 1 is 1.18 bits per heavy atom. The van der Waals surface area contributed by atoms with Crippen molar-refractivity contribution in [2.75, 3.05) is 6.61 Å². The first-order valence-electron chi connectivity index (χ1n) is 3.82. The molecular formula is C10H10O. The van der Waals surface area contributed by atoms with Gasteiger partial charge in [-0.3, -0.25) is 0 Å². The van der Waals surface area contributed by atoms with Crippen LogP contribution in [0.3, 0.4) is 0 Å². The molecule has 11 heavy (non-hydrogen) atoms. The molecule has 1 heteroatoms. The van der Waals surface area contributed by atoms with E-state index in [0.29, 0.717) is 0 Å². The molecule has 0 saturated heterocycles. The fraction of sp³-hybridized carbons (Fsp3) is 0.200. The third-order valence-electron chi connectivity index (χ3n) is 2.02. The Morgan fingerprint density at radius 3 is 2.73 bits per heavy atom. The van der Waals surface area contributed by atoms with Gasteiger partial charge >= 0.3 is 0 Å². The predicted molar refractivity (Wildman–Crippen MR) is 46.0 cm³/mol. The summed E-state index contributed by atoms with van der Waals surface area (Å²) in [6, 6.07) is 8.25. The van der Waals surface area contributed by atoms with Gasteiger partial charge in [-0.25, -0.2) is 0 Å². The molecule has 0 aliphatic heterocycles. The Balaban J connectivity index is 2.24. The van der Waals surface area contributed by atoms with Crippen molar-refractivity contribution in [3.05, 3.63) is 35.4 Å². The summed E-state index contributed by atoms with van der Waals surface area (Å²) in [5, 5.41) is 8.69. The van der Waals surface area contributed by atoms with Crippen molar-refractivity contribution < 1.29 is 5.11 Å². The molecule has 0 spiro atoms. The second-order valence-corrected chi connectivity index (χ2v) is 2.73. The highest BCUT2D eigenvalue weighted by molar-refractivity contribution is 5.95. The summed E-state index contributed by atoms with van der Waals surface area (Å²) < 4.78 is 0. The van der Waals surface area contributed by atoms with Crippen LogP contribution in [0.25, 0.3) is 11.6 Å². The van der Waals surface area contributed by atoms with Gasteiger partial charge in [-0.2, -0.15) is 0 Å². The molecule has 0 radical (unpaired) electrons. The maximum atomic E-state index is 8.69. The van der Waals surface area contributed by atoms with Crippen molar-refractivity contribution in [1.82, 2.24) is 0 Å². The molecule has 56 valence electrons. The zero-order chi connectivity index (χ0) is 7.68. The van der Waals surface area contributed by atoms with Gasteiger partial charge in [0.2, 0.25) is 0 Å². The number of rotatable bonds is 2. The lowest BCUT2D eigenvalue weighted by molar-refractivity contribution is 0.305. The Hall–Kier alpha value is -1.08. The minimum Gasteiger partial charge on any atom is -0.396 e. The van der Waals surface area contributed by atoms with Gasteiger partial charge in [0.25, 0.3) is 0 Å². The summed E-state index contributed by atoms with van der Waals surface area (Å²) >= 11 is 0. The number of aliphatic hydroxyl groups excluding tert-OH is 1. The largest absolute Gasteiger partial charge is 0.396 e. The maximum Gasteiger partial charge on any atom is 0.0471 e. The van der Waals surface area contributed by atoms with E-state index in [2.05, 4.69) is 18.2 Å². The molecular weight excluding hydrogens is 136 g/mol. The third-order valence-corrected chi connectivity index (χ3v) is 2.02. The van der Waals surface area contributed by atoms with Crippen LogP contribution in [0.1, 0.15) is 17.5 Å². The molecule has 0 fully saturated rings. The molecule has 0 amide bonds. The topological polar surface area (TPSA) is 20.2 Å². The fourth-order valence-electron chi connectivity index (χ4n) is 1.43. The second kappa shape index (κ2) is 2.51. The zero-order valence-electron chi connectivity index (χ0n) is 6.25. The SMILES string of the molecule is OCCC1=Cc2ccccc21. The quantitative estimate of drug-likeness (QED) is 0.675. The molecule has 0 heterocycles. The van der Waals surface area contributed by atoms with Gasteiger partial charge in [0.05, 0.1) is 0 Å². The van der Waals surface area contributed by atoms with E-state index >= 15 is 0 Å². The normalized spacial score (nSPS) is 13.4. The van der Waals surface area contributed by atoms with Gasteiger partial charge in [-0.1, -0.05) is 30.3 Å². The van der Waals surface area contributed by atoms with Gasteiger partial charge in [0.15, 0.2) is 0 Å². The van der Waals surface area contributed by atoms with Crippen LogP contribution < -0.4 is 0 Å². The molecule has 0 aromatic heterocycles. The third kappa shape index (κ3) is 0.976. The van der Waals surface area contributed by atoms with Crippen molar-refractivity contribution in [2.24, 2.45) is 0 Å². The van der Waals surface area contributed by atoms with Crippen molar-refractivity contribution in [1.29, 1.82) is 0 Å². The first-order chi connectivity index (χ1) is 5.42. The second-order valence-electron chi connectivity index (χ2n) is 2.73. The highest BCUT2D eigenvalue weighted by atomic mass is 16.2. The van der Waals surface area contributed by atoms with E-state index in [1.807, 2.05) is 12.1 Å². The predicted octanol–water partition coefficient (Wildman–Crippen LogP) is 1.92. The summed E-state index contributed by atoms with van der Waals surface area (Å²) in [6.07, 6.45) is 2.92. The Bertz CT molecular complexity index is 299. The van der Waals surface area contributed by atoms with Crippen LogP contribution in [0, 0.1) is 0 Å². The number of hydrogen-bond donors (Lipinski definition) is 1. The van der Waals surface area contributed by atoms with E-state index in [-0.39, 0.29) is 6.61 Å². The summed E-state index contributed by atoms with van der Waals surface area (Å²) in [5.41, 5.74) is 3.89. The van der Waals surface area contributed by atoms with Crippen molar-refractivity contribution in [3.8, 4) is 0 Å². The van der Waals surface area contributed by atoms with Gasteiger partial charge in [-0.15, -0.1) is 0 Å². The van der Waals surface area contributed by atoms with Crippen LogP contribution >= 0.6 is 0 Å². The maximum absolute atomic E-state index is 8.69. The van der Waals surface area contributed by atoms with Crippen molar-refractivity contribution in [3.63, 3.8) is 0 Å². The zero-order valence-corrected chi connectivity index (χ0v) is 6.25. The monoisotopic (exact) mass is 146 g/mol. The van der Waals surface area contributed by atoms with Crippen LogP contribution in [0.4, 0.5) is 0 Å². The molecule has 0 atom stereocenters. The molecule has 0 saturated carbocycles. The Labute approximate surface area is 66.0 Å². The van der Waals surface area contributed by atoms with Crippen LogP contribution in [0.2, 0.25) is 0 Å². The van der Waals surface area contributed by atoms with E-state index in [1.165, 1.54) is 16.7 Å². The highest BCUT2D eigenvalue weighted by Gasteiger charge is 2.13. The van der Waals surface area contributed by atoms with Gasteiger partial charge in [0, 0.05) is 6.61 Å². The molecule has 1 aromatic rings. The lowest BCUT2D eigenvalue weighted by Crippen LogP contribution is -1.99. The summed E-state index contributed by atoms with van der Waals surface area (Å²) in [4.78, 5) is 0. The molecule has 0 unspecified atom stereocenters. The molecule has 1 aromatic carbocycles. The molecule has 2 rings (SSSR count). The van der Waals surface area contributed by atoms with E-state index in [0.717, 1.165) is 6.42 Å². The standard InChI is InChI=1S/C10H10O/c11-6-5-9-7-8-3-1-2-4-10(8)9/h1-4,7,11H,5-6H2. The molecule has 1 N–H and O–H groups in total. The smallest absolute Gasteiger partial charge is 0.0471 e. The van der Waals surface area contributed by atoms with Crippen LogP contribution in [0.5, 0.6) is 0 Å². The van der Waals surface area contributed by atoms with E-state index in [1.54, 1.807) is 0 Å². The van der Waals surface area contributed by atoms with E-state index < -0.39 is 0 Å². The molecule has 0 bridgehead atoms. The van der Waals surface area contributed by atoms with Gasteiger partial charge in [-0.05, 0) is 23.1 Å². The van der Waals surface area contributed by atoms with Crippen molar-refractivity contribution in [2.45, 2.75) is 6.42 Å². The molecule has 1 aliphatic rings. The summed E-state index contributed by atoms with van der Waals surface area (Å²) in [6.45, 7) is 0.250. The van der Waals surface area contributed by atoms with E-state index in [9.17, 15) is 0 Å². The number of hydrogen-bond acceptors (Lipinski definition) is 1. The first kappa shape index (κ1) is 6.62. The van der Waals surface area contributed by atoms with E-state index in [4.69, 9.17) is 5.11 Å². The van der Waals surface area contributed by atoms with Crippen molar-refractivity contribution >= 4 is 11.6 Å². The van der Waals surface area contributed by atoms with Gasteiger partial charge < -0.3 is 5.11 Å². The average molecular weight is 146 g/mol. The lowest BCUT2D eigenvalue weighted by Gasteiger charge is -2.18. The molecule has 1 nitrogen and oxygen atoms in total. The summed E-state index contributed by atoms with van der Waals surface area (Å²) in [5.74, 6) is 0. The minimum absolute atomic E-state index is 0.250. The Kier molecular flexibility index (Phi) is 1.51. The number of fused-ring (bicyclic) bond motifs is 1. The van der Waals surface area contributed by atoms with Gasteiger partial charge in [0.1, 0.15) is 0 Å². The first-order valence-corrected chi connectivity index (χ1v) is 3.82. The highest BCUT2D eigenvalue weighted by Crippen LogP contribution is 2.33. The van der Waals surface area contributed by atoms with Crippen LogP contribution in [0.15, 0.2) is 24.3 Å². The molecule has 1 aliphatic carbocycles. The summed E-state index contributed by atoms with van der Waals surface area (Å²) in [7, 11) is 0. The Morgan fingerprint density at radius 2 is 2.00 bits per heavy atom. The minimum atomic E-state index is 0.250. The fourth-order valence-corrected chi connectivity index (χ4v) is 1.43. The number of benzene rings is 1. The van der Waals surface area contributed by atoms with Crippen LogP contribution in [-0.4, -0.2) is 11.7 Å².